The summed E-state index contributed by atoms with van der Waals surface area (Å²) in [5.41, 5.74) is 1.50. The van der Waals surface area contributed by atoms with Crippen LogP contribution in [-0.4, -0.2) is 270 Å². The molecule has 15 unspecified atom stereocenters. The van der Waals surface area contributed by atoms with Crippen molar-refractivity contribution in [2.24, 2.45) is 23.7 Å². The van der Waals surface area contributed by atoms with Gasteiger partial charge >= 0.3 is 0 Å². The molecule has 12 N–H and O–H groups in total. The van der Waals surface area contributed by atoms with Gasteiger partial charge < -0.3 is 100.0 Å². The van der Waals surface area contributed by atoms with Gasteiger partial charge in [0, 0.05) is 50.5 Å². The predicted octanol–water partition coefficient (Wildman–Crippen LogP) is -0.687. The van der Waals surface area contributed by atoms with E-state index < -0.39 is 189 Å². The minimum Gasteiger partial charge on any atom is -0.394 e. The van der Waals surface area contributed by atoms with Crippen molar-refractivity contribution in [3.05, 3.63) is 84.4 Å². The van der Waals surface area contributed by atoms with Crippen LogP contribution in [0.2, 0.25) is 0 Å². The summed E-state index contributed by atoms with van der Waals surface area (Å²) in [4.78, 5) is 57.3. The van der Waals surface area contributed by atoms with Crippen LogP contribution in [0.1, 0.15) is 109 Å². The highest BCUT2D eigenvalue weighted by atomic mass is 19.1. The molecule has 5 aromatic rings. The van der Waals surface area contributed by atoms with Crippen molar-refractivity contribution < 1.29 is 107 Å². The van der Waals surface area contributed by atoms with Gasteiger partial charge in [0.05, 0.1) is 75.4 Å². The first-order valence-electron chi connectivity index (χ1n) is 35.2. The highest BCUT2D eigenvalue weighted by Gasteiger charge is 2.55. The lowest BCUT2D eigenvalue weighted by Crippen LogP contribution is -2.67. The molecule has 3 aliphatic heterocycles. The smallest absolute Gasteiger partial charge is 0.251 e. The standard InChI is InChI=1S/C68H95F2N13O20/c1-6-36-21-39(26-48(61(36)103-68-60(93)59(92)54(87)33(2)97-68)100-66-52(73-34(3)86)62(57(90)51(32-85)101-66)98-49(65(96)80(4)5)20-35-12-8-7-9-13-35)63(94)71-18-19-81-28-43(74-77-81)27-72-64(95)40-24-46(82-29-44(75-78-82)37-14-10-16-41(69)22-37)55(88)47(25-40)99-67-58(91)53(56(89)50(31-84)102-67)83-30-45(76-79-83)38-15-11-17-42(70)23-38/h10-11,14-17,22-23,28-30,33,35-36,39-40,46-62,66-68,84-85,87-93H,6-9,12-13,18-21,24-27,31-32H2,1-5H3,(H,71,94)(H,72,95)(H,73,86)/t33?,36?,39?,40?,46?,47-,48-,49+,50?,51?,52?,53?,54-,55?,56+,57+,58?,59?,60?,61?,62?,66-,67-,68+/m1/s1. The summed E-state index contributed by atoms with van der Waals surface area (Å²) in [5.74, 6) is -5.05. The first-order chi connectivity index (χ1) is 49.4. The summed E-state index contributed by atoms with van der Waals surface area (Å²) in [6, 6.07) is 7.47. The van der Waals surface area contributed by atoms with E-state index in [9.17, 15) is 73.9 Å². The Morgan fingerprint density at radius 2 is 1.27 bits per heavy atom. The molecule has 35 heteroatoms. The molecule has 3 aromatic heterocycles. The van der Waals surface area contributed by atoms with Crippen LogP contribution in [-0.2, 0) is 65.4 Å². The van der Waals surface area contributed by atoms with Crippen molar-refractivity contribution in [2.45, 2.75) is 233 Å². The summed E-state index contributed by atoms with van der Waals surface area (Å²) in [6.45, 7) is 3.09. The molecule has 0 bridgehead atoms. The van der Waals surface area contributed by atoms with Crippen molar-refractivity contribution in [3.63, 3.8) is 0 Å². The Morgan fingerprint density at radius 1 is 0.660 bits per heavy atom. The van der Waals surface area contributed by atoms with Gasteiger partial charge in [0.15, 0.2) is 18.9 Å². The maximum absolute atomic E-state index is 14.5. The van der Waals surface area contributed by atoms with E-state index in [4.69, 9.17) is 33.2 Å². The third kappa shape index (κ3) is 18.1. The monoisotopic (exact) mass is 1450 g/mol. The van der Waals surface area contributed by atoms with Crippen LogP contribution in [0.5, 0.6) is 0 Å². The van der Waals surface area contributed by atoms with Crippen LogP contribution in [0, 0.1) is 35.3 Å². The highest BCUT2D eigenvalue weighted by Crippen LogP contribution is 2.42. The zero-order valence-electron chi connectivity index (χ0n) is 57.8. The number of aliphatic hydroxyl groups is 9. The Balaban J connectivity index is 0.767. The fourth-order valence-corrected chi connectivity index (χ4v) is 15.0. The summed E-state index contributed by atoms with van der Waals surface area (Å²) in [7, 11) is 3.18. The topological polar surface area (TPSA) is 446 Å². The van der Waals surface area contributed by atoms with E-state index in [0.29, 0.717) is 29.7 Å². The number of nitrogens with zero attached hydrogens (tertiary/aromatic N) is 10. The van der Waals surface area contributed by atoms with Crippen LogP contribution in [0.15, 0.2) is 67.1 Å². The molecule has 6 fully saturated rings. The highest BCUT2D eigenvalue weighted by molar-refractivity contribution is 5.81. The first-order valence-corrected chi connectivity index (χ1v) is 35.2. The van der Waals surface area contributed by atoms with Crippen molar-refractivity contribution in [1.29, 1.82) is 0 Å². The zero-order chi connectivity index (χ0) is 73.5. The number of carbonyl (C=O) groups excluding carboxylic acids is 4. The SMILES string of the molecule is CCC1CC(C(=O)NCCn2cc(CNC(=O)C3CC(n4cc(-c5cccc(F)c5)nn4)C(O)[C@H](O[C@@H]4OC(CO)[C@H](O)C(n5cc(-c6cccc(F)c6)nn5)C4O)C3)nn2)C[C@@H](O[C@@H]2OC(CO)[C@H](O)C(O[C@@H](CC3CCCCC3)C(=O)N(C)C)C2NC(C)=O)C1O[C@@H]1OC(C)[C@@H](O)C(O)C1O. The number of halogens is 2. The quantitative estimate of drug-likeness (QED) is 0.0326. The molecule has 3 saturated heterocycles. The molecule has 0 spiro atoms. The van der Waals surface area contributed by atoms with Crippen molar-refractivity contribution >= 4 is 23.6 Å². The fraction of sp³-hybridized carbons (Fsp3) is 0.676. The number of nitrogens with one attached hydrogen (secondary N) is 3. The van der Waals surface area contributed by atoms with Crippen molar-refractivity contribution in [2.75, 3.05) is 33.9 Å². The van der Waals surface area contributed by atoms with Crippen LogP contribution >= 0.6 is 0 Å². The Hall–Kier alpha value is -7.04. The average molecular weight is 1450 g/mol. The van der Waals surface area contributed by atoms with E-state index in [0.717, 1.165) is 36.8 Å². The molecule has 6 aliphatic rings. The average Bonchev–Trinajstić information content (AvgIpc) is 1.69. The number of amides is 4. The van der Waals surface area contributed by atoms with Gasteiger partial charge in [-0.1, -0.05) is 85.4 Å². The van der Waals surface area contributed by atoms with E-state index in [1.54, 1.807) is 32.4 Å². The largest absolute Gasteiger partial charge is 0.394 e. The summed E-state index contributed by atoms with van der Waals surface area (Å²) >= 11 is 0. The maximum atomic E-state index is 14.5. The molecule has 4 amide bonds. The van der Waals surface area contributed by atoms with Gasteiger partial charge in [0.2, 0.25) is 17.7 Å². The van der Waals surface area contributed by atoms with E-state index in [-0.39, 0.29) is 68.5 Å². The van der Waals surface area contributed by atoms with E-state index >= 15 is 0 Å². The summed E-state index contributed by atoms with van der Waals surface area (Å²) in [5, 5.41) is 135. The lowest BCUT2D eigenvalue weighted by molar-refractivity contribution is -0.338. The van der Waals surface area contributed by atoms with E-state index in [1.165, 1.54) is 76.9 Å². The number of carbonyl (C=O) groups is 4. The van der Waals surface area contributed by atoms with Crippen molar-refractivity contribution in [1.82, 2.24) is 65.8 Å². The van der Waals surface area contributed by atoms with E-state index in [2.05, 4.69) is 46.9 Å². The number of aliphatic hydroxyl groups excluding tert-OH is 9. The number of hydrogen-bond acceptors (Lipinski definition) is 26. The Labute approximate surface area is 592 Å². The Morgan fingerprint density at radius 3 is 1.92 bits per heavy atom. The molecular formula is C68H95F2N13O20. The predicted molar refractivity (Wildman–Crippen MR) is 352 cm³/mol. The van der Waals surface area contributed by atoms with E-state index in [1.807, 2.05) is 6.92 Å². The molecule has 3 saturated carbocycles. The number of hydrogen-bond donors (Lipinski definition) is 12. The second kappa shape index (κ2) is 34.5. The fourth-order valence-electron chi connectivity index (χ4n) is 15.0. The molecule has 3 aliphatic carbocycles. The van der Waals surface area contributed by atoms with Gasteiger partial charge in [-0.3, -0.25) is 23.9 Å². The molecule has 6 heterocycles. The Kier molecular flexibility index (Phi) is 25.8. The molecule has 103 heavy (non-hydrogen) atoms. The number of rotatable bonds is 26. The Bertz CT molecular complexity index is 3630. The summed E-state index contributed by atoms with van der Waals surface area (Å²) in [6.07, 6.45) is -15.7. The maximum Gasteiger partial charge on any atom is 0.251 e. The van der Waals surface area contributed by atoms with Gasteiger partial charge in [0.25, 0.3) is 5.91 Å². The molecule has 0 radical (unpaired) electrons. The first kappa shape index (κ1) is 77.1. The third-order valence-corrected chi connectivity index (χ3v) is 20.7. The molecular weight excluding hydrogens is 1360 g/mol. The third-order valence-electron chi connectivity index (χ3n) is 20.7. The molecule has 566 valence electrons. The van der Waals surface area contributed by atoms with Gasteiger partial charge in [-0.25, -0.2) is 18.1 Å². The molecule has 2 aromatic carbocycles. The number of aromatic nitrogens is 9. The van der Waals surface area contributed by atoms with Gasteiger partial charge in [-0.2, -0.15) is 0 Å². The lowest BCUT2D eigenvalue weighted by atomic mass is 9.75. The number of benzene rings is 2. The minimum atomic E-state index is -1.74. The molecule has 11 rings (SSSR count). The number of likely N-dealkylation sites (N-methyl/N-ethyl adjacent to an activating group) is 1. The van der Waals surface area contributed by atoms with Crippen LogP contribution < -0.4 is 16.0 Å². The van der Waals surface area contributed by atoms with Crippen LogP contribution in [0.25, 0.3) is 22.5 Å². The second-order valence-electron chi connectivity index (χ2n) is 28.1. The molecule has 24 atom stereocenters. The van der Waals surface area contributed by atoms with Crippen molar-refractivity contribution in [3.8, 4) is 22.5 Å². The zero-order valence-corrected chi connectivity index (χ0v) is 57.8. The van der Waals surface area contributed by atoms with Crippen LogP contribution in [0.4, 0.5) is 8.78 Å². The normalized spacial score (nSPS) is 34.0. The van der Waals surface area contributed by atoms with Gasteiger partial charge in [0.1, 0.15) is 108 Å². The minimum absolute atomic E-state index is 0.0232. The number of ether oxygens (including phenoxy) is 7. The lowest BCUT2D eigenvalue weighted by Gasteiger charge is -2.49. The van der Waals surface area contributed by atoms with Crippen LogP contribution in [0.3, 0.4) is 0 Å². The molecule has 33 nitrogen and oxygen atoms in total. The second-order valence-corrected chi connectivity index (χ2v) is 28.1. The van der Waals surface area contributed by atoms with Gasteiger partial charge in [-0.15, -0.1) is 15.3 Å². The summed E-state index contributed by atoms with van der Waals surface area (Å²) < 4.78 is 77.0. The van der Waals surface area contributed by atoms with Gasteiger partial charge in [-0.05, 0) is 75.1 Å².